The molecular formula is C18H21N3. The second kappa shape index (κ2) is 5.34. The van der Waals surface area contributed by atoms with Crippen LogP contribution >= 0.6 is 0 Å². The molecule has 1 aromatic carbocycles. The summed E-state index contributed by atoms with van der Waals surface area (Å²) >= 11 is 0. The van der Waals surface area contributed by atoms with Crippen LogP contribution < -0.4 is 5.73 Å². The van der Waals surface area contributed by atoms with E-state index in [9.17, 15) is 0 Å². The molecule has 108 valence electrons. The van der Waals surface area contributed by atoms with Crippen molar-refractivity contribution in [1.29, 1.82) is 0 Å². The van der Waals surface area contributed by atoms with Gasteiger partial charge in [-0.2, -0.15) is 0 Å². The van der Waals surface area contributed by atoms with Crippen LogP contribution in [0.1, 0.15) is 41.0 Å². The Bertz CT molecular complexity index is 767. The van der Waals surface area contributed by atoms with Crippen molar-refractivity contribution >= 4 is 5.65 Å². The fraction of sp³-hybridized carbons (Fsp3) is 0.278. The number of benzene rings is 1. The smallest absolute Gasteiger partial charge is 0.140 e. The molecule has 0 saturated carbocycles. The first-order chi connectivity index (χ1) is 10.1. The average Bonchev–Trinajstić information content (AvgIpc) is 2.81. The van der Waals surface area contributed by atoms with E-state index in [1.807, 2.05) is 19.2 Å². The lowest BCUT2D eigenvalue weighted by Crippen LogP contribution is -2.11. The summed E-state index contributed by atoms with van der Waals surface area (Å²) in [5.74, 6) is 0. The van der Waals surface area contributed by atoms with Crippen LogP contribution in [-0.4, -0.2) is 9.38 Å². The number of nitrogens with zero attached hydrogens (tertiary/aromatic N) is 2. The van der Waals surface area contributed by atoms with Crippen molar-refractivity contribution < 1.29 is 0 Å². The second-order valence-corrected chi connectivity index (χ2v) is 5.78. The van der Waals surface area contributed by atoms with Crippen LogP contribution in [0.2, 0.25) is 0 Å². The van der Waals surface area contributed by atoms with Gasteiger partial charge < -0.3 is 10.1 Å². The topological polar surface area (TPSA) is 43.3 Å². The summed E-state index contributed by atoms with van der Waals surface area (Å²) in [6.45, 7) is 6.21. The van der Waals surface area contributed by atoms with Gasteiger partial charge in [0.1, 0.15) is 5.65 Å². The molecule has 0 fully saturated rings. The zero-order chi connectivity index (χ0) is 15.0. The molecule has 0 amide bonds. The largest absolute Gasteiger partial charge is 0.323 e. The lowest BCUT2D eigenvalue weighted by molar-refractivity contribution is 0.755. The highest BCUT2D eigenvalue weighted by atomic mass is 15.0. The van der Waals surface area contributed by atoms with Gasteiger partial charge >= 0.3 is 0 Å². The van der Waals surface area contributed by atoms with Crippen molar-refractivity contribution in [2.45, 2.75) is 33.2 Å². The first kappa shape index (κ1) is 13.8. The fourth-order valence-corrected chi connectivity index (χ4v) is 2.78. The molecule has 0 spiro atoms. The minimum atomic E-state index is -0.0396. The van der Waals surface area contributed by atoms with Crippen molar-refractivity contribution in [3.05, 3.63) is 70.7 Å². The molecule has 0 saturated heterocycles. The van der Waals surface area contributed by atoms with Gasteiger partial charge in [-0.3, -0.25) is 0 Å². The van der Waals surface area contributed by atoms with Gasteiger partial charge in [0.15, 0.2) is 0 Å². The van der Waals surface area contributed by atoms with E-state index in [0.717, 1.165) is 23.5 Å². The van der Waals surface area contributed by atoms with Crippen LogP contribution in [0.15, 0.2) is 42.6 Å². The Balaban J connectivity index is 2.11. The van der Waals surface area contributed by atoms with Crippen molar-refractivity contribution in [2.75, 3.05) is 0 Å². The zero-order valence-corrected chi connectivity index (χ0v) is 12.8. The number of hydrogen-bond acceptors (Lipinski definition) is 2. The maximum atomic E-state index is 6.19. The van der Waals surface area contributed by atoms with Gasteiger partial charge in [0.2, 0.25) is 0 Å². The van der Waals surface area contributed by atoms with E-state index in [1.165, 1.54) is 16.7 Å². The van der Waals surface area contributed by atoms with Crippen LogP contribution in [-0.2, 0) is 6.42 Å². The number of fused-ring (bicyclic) bond motifs is 1. The summed E-state index contributed by atoms with van der Waals surface area (Å²) in [5, 5.41) is 0. The third-order valence-corrected chi connectivity index (χ3v) is 3.88. The van der Waals surface area contributed by atoms with E-state index in [1.54, 1.807) is 0 Å². The summed E-state index contributed by atoms with van der Waals surface area (Å²) in [4.78, 5) is 4.83. The van der Waals surface area contributed by atoms with E-state index in [2.05, 4.69) is 48.6 Å². The molecule has 0 aliphatic rings. The highest BCUT2D eigenvalue weighted by molar-refractivity contribution is 5.51. The summed E-state index contributed by atoms with van der Waals surface area (Å²) in [7, 11) is 0. The van der Waals surface area contributed by atoms with Gasteiger partial charge in [-0.15, -0.1) is 0 Å². The van der Waals surface area contributed by atoms with E-state index in [0.29, 0.717) is 0 Å². The van der Waals surface area contributed by atoms with Crippen LogP contribution in [0.3, 0.4) is 0 Å². The number of imidazole rings is 1. The molecular weight excluding hydrogens is 258 g/mol. The van der Waals surface area contributed by atoms with Crippen molar-refractivity contribution in [3.63, 3.8) is 0 Å². The fourth-order valence-electron chi connectivity index (χ4n) is 2.78. The number of hydrogen-bond donors (Lipinski definition) is 1. The predicted molar refractivity (Wildman–Crippen MR) is 86.5 cm³/mol. The number of rotatable bonds is 3. The molecule has 21 heavy (non-hydrogen) atoms. The van der Waals surface area contributed by atoms with E-state index in [4.69, 9.17) is 10.7 Å². The molecule has 1 unspecified atom stereocenters. The molecule has 3 aromatic rings. The van der Waals surface area contributed by atoms with Gasteiger partial charge in [-0.05, 0) is 38.0 Å². The Morgan fingerprint density at radius 1 is 1.14 bits per heavy atom. The Morgan fingerprint density at radius 3 is 2.52 bits per heavy atom. The van der Waals surface area contributed by atoms with Crippen molar-refractivity contribution in [1.82, 2.24) is 9.38 Å². The maximum Gasteiger partial charge on any atom is 0.140 e. The molecule has 2 N–H and O–H groups in total. The molecule has 0 aliphatic heterocycles. The Morgan fingerprint density at radius 2 is 1.86 bits per heavy atom. The van der Waals surface area contributed by atoms with E-state index >= 15 is 0 Å². The summed E-state index contributed by atoms with van der Waals surface area (Å²) in [6.07, 6.45) is 2.87. The quantitative estimate of drug-likeness (QED) is 0.796. The third kappa shape index (κ3) is 2.57. The highest BCUT2D eigenvalue weighted by Gasteiger charge is 2.16. The lowest BCUT2D eigenvalue weighted by atomic mass is 10.0. The molecule has 3 nitrogen and oxygen atoms in total. The molecule has 2 aromatic heterocycles. The van der Waals surface area contributed by atoms with Crippen molar-refractivity contribution in [3.8, 4) is 0 Å². The summed E-state index contributed by atoms with van der Waals surface area (Å²) in [6, 6.07) is 12.7. The molecule has 3 heteroatoms. The number of pyridine rings is 1. The second-order valence-electron chi connectivity index (χ2n) is 5.78. The predicted octanol–water partition coefficient (Wildman–Crippen LogP) is 3.56. The third-order valence-electron chi connectivity index (χ3n) is 3.88. The minimum absolute atomic E-state index is 0.0396. The van der Waals surface area contributed by atoms with E-state index in [-0.39, 0.29) is 6.04 Å². The normalized spacial score (nSPS) is 12.8. The van der Waals surface area contributed by atoms with Crippen LogP contribution in [0, 0.1) is 13.8 Å². The monoisotopic (exact) mass is 279 g/mol. The molecule has 3 rings (SSSR count). The number of aromatic nitrogens is 2. The SMILES string of the molecule is Cc1ccc(Cc2nc3c(C)cccn3c2C(C)N)cc1. The molecule has 0 bridgehead atoms. The molecule has 1 atom stereocenters. The maximum absolute atomic E-state index is 6.19. The number of nitrogens with two attached hydrogens (primary N) is 1. The zero-order valence-electron chi connectivity index (χ0n) is 12.8. The minimum Gasteiger partial charge on any atom is -0.323 e. The van der Waals surface area contributed by atoms with Gasteiger partial charge in [0.25, 0.3) is 0 Å². The van der Waals surface area contributed by atoms with Gasteiger partial charge in [-0.1, -0.05) is 35.9 Å². The molecule has 0 aliphatic carbocycles. The Labute approximate surface area is 125 Å². The van der Waals surface area contributed by atoms with Crippen molar-refractivity contribution in [2.24, 2.45) is 5.73 Å². The first-order valence-corrected chi connectivity index (χ1v) is 7.34. The Kier molecular flexibility index (Phi) is 3.52. The standard InChI is InChI=1S/C18H21N3/c1-12-6-8-15(9-7-12)11-16-17(14(3)19)21-10-4-5-13(2)18(21)20-16/h4-10,14H,11,19H2,1-3H3. The van der Waals surface area contributed by atoms with Gasteiger partial charge in [0, 0.05) is 18.7 Å². The molecule has 2 heterocycles. The summed E-state index contributed by atoms with van der Waals surface area (Å²) < 4.78 is 2.13. The van der Waals surface area contributed by atoms with Crippen LogP contribution in [0.4, 0.5) is 0 Å². The Hall–Kier alpha value is -2.13. The highest BCUT2D eigenvalue weighted by Crippen LogP contribution is 2.23. The molecule has 0 radical (unpaired) electrons. The lowest BCUT2D eigenvalue weighted by Gasteiger charge is -2.09. The van der Waals surface area contributed by atoms with Crippen LogP contribution in [0.25, 0.3) is 5.65 Å². The van der Waals surface area contributed by atoms with E-state index < -0.39 is 0 Å². The van der Waals surface area contributed by atoms with Gasteiger partial charge in [-0.25, -0.2) is 4.98 Å². The average molecular weight is 279 g/mol. The summed E-state index contributed by atoms with van der Waals surface area (Å²) in [5.41, 5.74) is 13.1. The van der Waals surface area contributed by atoms with Gasteiger partial charge in [0.05, 0.1) is 11.4 Å². The van der Waals surface area contributed by atoms with Crippen LogP contribution in [0.5, 0.6) is 0 Å². The number of aryl methyl sites for hydroxylation is 2. The first-order valence-electron chi connectivity index (χ1n) is 7.34.